The Balaban J connectivity index is 1.44. The maximum absolute atomic E-state index is 12.3. The number of hydrogen-bond donors (Lipinski definition) is 3. The topological polar surface area (TPSA) is 95.5 Å². The lowest BCUT2D eigenvalue weighted by Crippen LogP contribution is -2.29. The average molecular weight is 394 g/mol. The minimum atomic E-state index is -0.963. The molecule has 6 nitrogen and oxygen atoms in total. The molecule has 2 amide bonds. The number of rotatable bonds is 8. The van der Waals surface area contributed by atoms with Crippen LogP contribution in [0.1, 0.15) is 57.5 Å². The molecular weight excluding hydrogens is 368 g/mol. The molecule has 3 rings (SSSR count). The Morgan fingerprint density at radius 2 is 1.62 bits per heavy atom. The van der Waals surface area contributed by atoms with E-state index in [1.54, 1.807) is 30.3 Å². The van der Waals surface area contributed by atoms with Crippen molar-refractivity contribution < 1.29 is 19.5 Å². The molecule has 0 bridgehead atoms. The van der Waals surface area contributed by atoms with E-state index in [1.165, 1.54) is 0 Å². The summed E-state index contributed by atoms with van der Waals surface area (Å²) in [4.78, 5) is 35.4. The van der Waals surface area contributed by atoms with Gasteiger partial charge in [0.2, 0.25) is 5.91 Å². The Labute approximate surface area is 170 Å². The normalized spacial score (nSPS) is 13.8. The van der Waals surface area contributed by atoms with Gasteiger partial charge in [-0.3, -0.25) is 9.59 Å². The Hall–Kier alpha value is -3.15. The first-order valence-electron chi connectivity index (χ1n) is 10.00. The monoisotopic (exact) mass is 394 g/mol. The van der Waals surface area contributed by atoms with Gasteiger partial charge in [0.15, 0.2) is 0 Å². The Morgan fingerprint density at radius 3 is 2.31 bits per heavy atom. The molecule has 1 aliphatic rings. The molecule has 0 heterocycles. The molecule has 1 fully saturated rings. The third-order valence-corrected chi connectivity index (χ3v) is 5.28. The smallest absolute Gasteiger partial charge is 0.335 e. The van der Waals surface area contributed by atoms with Crippen LogP contribution in [0.2, 0.25) is 0 Å². The standard InChI is InChI=1S/C23H26N2O4/c26-21(24-13-12-16-4-3-7-20(14-16)23(28)29)19-10-8-17(9-11-19)15-25-22(27)18-5-1-2-6-18/h3-4,7-11,14,18H,1-2,5-6,12-13,15H2,(H,24,26)(H,25,27)(H,28,29). The van der Waals surface area contributed by atoms with Gasteiger partial charge in [-0.25, -0.2) is 4.79 Å². The zero-order valence-corrected chi connectivity index (χ0v) is 16.3. The summed E-state index contributed by atoms with van der Waals surface area (Å²) in [5, 5.41) is 14.8. The second-order valence-corrected chi connectivity index (χ2v) is 7.41. The van der Waals surface area contributed by atoms with Gasteiger partial charge >= 0.3 is 5.97 Å². The van der Waals surface area contributed by atoms with E-state index in [0.29, 0.717) is 25.1 Å². The number of hydrogen-bond acceptors (Lipinski definition) is 3. The van der Waals surface area contributed by atoms with Crippen LogP contribution in [0.5, 0.6) is 0 Å². The summed E-state index contributed by atoms with van der Waals surface area (Å²) in [5.41, 5.74) is 2.61. The van der Waals surface area contributed by atoms with Crippen LogP contribution in [0.25, 0.3) is 0 Å². The van der Waals surface area contributed by atoms with Crippen molar-refractivity contribution in [2.45, 2.75) is 38.6 Å². The molecule has 0 aliphatic heterocycles. The highest BCUT2D eigenvalue weighted by Crippen LogP contribution is 2.24. The van der Waals surface area contributed by atoms with Crippen molar-refractivity contribution in [3.63, 3.8) is 0 Å². The van der Waals surface area contributed by atoms with Crippen molar-refractivity contribution in [3.05, 3.63) is 70.8 Å². The fourth-order valence-electron chi connectivity index (χ4n) is 3.58. The van der Waals surface area contributed by atoms with E-state index in [4.69, 9.17) is 5.11 Å². The van der Waals surface area contributed by atoms with Crippen LogP contribution in [0, 0.1) is 5.92 Å². The van der Waals surface area contributed by atoms with E-state index < -0.39 is 5.97 Å². The summed E-state index contributed by atoms with van der Waals surface area (Å²) >= 11 is 0. The highest BCUT2D eigenvalue weighted by molar-refractivity contribution is 5.94. The average Bonchev–Trinajstić information content (AvgIpc) is 3.27. The summed E-state index contributed by atoms with van der Waals surface area (Å²) in [6, 6.07) is 13.9. The summed E-state index contributed by atoms with van der Waals surface area (Å²) in [6.07, 6.45) is 4.77. The highest BCUT2D eigenvalue weighted by atomic mass is 16.4. The van der Waals surface area contributed by atoms with Gasteiger partial charge in [-0.15, -0.1) is 0 Å². The van der Waals surface area contributed by atoms with Crippen LogP contribution < -0.4 is 10.6 Å². The van der Waals surface area contributed by atoms with Gasteiger partial charge < -0.3 is 15.7 Å². The molecule has 0 saturated heterocycles. The van der Waals surface area contributed by atoms with Gasteiger partial charge in [-0.2, -0.15) is 0 Å². The molecular formula is C23H26N2O4. The minimum absolute atomic E-state index is 0.122. The molecule has 0 radical (unpaired) electrons. The molecule has 3 N–H and O–H groups in total. The molecule has 0 unspecified atom stereocenters. The summed E-state index contributed by atoms with van der Waals surface area (Å²) < 4.78 is 0. The van der Waals surface area contributed by atoms with Crippen LogP contribution in [-0.2, 0) is 17.8 Å². The van der Waals surface area contributed by atoms with E-state index in [0.717, 1.165) is 36.8 Å². The number of aromatic carboxylic acids is 1. The number of carboxylic acid groups (broad SMARTS) is 1. The minimum Gasteiger partial charge on any atom is -0.478 e. The van der Waals surface area contributed by atoms with Crippen LogP contribution in [0.15, 0.2) is 48.5 Å². The lowest BCUT2D eigenvalue weighted by molar-refractivity contribution is -0.124. The van der Waals surface area contributed by atoms with Crippen molar-refractivity contribution in [1.29, 1.82) is 0 Å². The molecule has 1 saturated carbocycles. The molecule has 2 aromatic rings. The fraction of sp³-hybridized carbons (Fsp3) is 0.348. The molecule has 0 atom stereocenters. The number of benzene rings is 2. The van der Waals surface area contributed by atoms with E-state index >= 15 is 0 Å². The van der Waals surface area contributed by atoms with Crippen LogP contribution in [0.3, 0.4) is 0 Å². The second-order valence-electron chi connectivity index (χ2n) is 7.41. The molecule has 0 spiro atoms. The van der Waals surface area contributed by atoms with E-state index in [1.807, 2.05) is 18.2 Å². The maximum atomic E-state index is 12.3. The lowest BCUT2D eigenvalue weighted by atomic mass is 10.1. The quantitative estimate of drug-likeness (QED) is 0.641. The van der Waals surface area contributed by atoms with Gasteiger partial charge in [-0.05, 0) is 54.7 Å². The molecule has 0 aromatic heterocycles. The molecule has 1 aliphatic carbocycles. The first kappa shape index (κ1) is 20.6. The SMILES string of the molecule is O=C(O)c1cccc(CCNC(=O)c2ccc(CNC(=O)C3CCCC3)cc2)c1. The number of carbonyl (C=O) groups is 3. The molecule has 6 heteroatoms. The second kappa shape index (κ2) is 9.87. The summed E-state index contributed by atoms with van der Waals surface area (Å²) in [5.74, 6) is -0.871. The van der Waals surface area contributed by atoms with Crippen molar-refractivity contribution >= 4 is 17.8 Å². The number of nitrogens with one attached hydrogen (secondary N) is 2. The van der Waals surface area contributed by atoms with E-state index in [-0.39, 0.29) is 23.3 Å². The van der Waals surface area contributed by atoms with Crippen molar-refractivity contribution in [3.8, 4) is 0 Å². The van der Waals surface area contributed by atoms with Gasteiger partial charge in [0, 0.05) is 24.6 Å². The van der Waals surface area contributed by atoms with Crippen molar-refractivity contribution in [2.75, 3.05) is 6.54 Å². The maximum Gasteiger partial charge on any atom is 0.335 e. The van der Waals surface area contributed by atoms with E-state index in [2.05, 4.69) is 10.6 Å². The number of carbonyl (C=O) groups excluding carboxylic acids is 2. The number of carboxylic acids is 1. The van der Waals surface area contributed by atoms with Crippen molar-refractivity contribution in [2.24, 2.45) is 5.92 Å². The predicted octanol–water partition coefficient (Wildman–Crippen LogP) is 3.16. The van der Waals surface area contributed by atoms with E-state index in [9.17, 15) is 14.4 Å². The zero-order chi connectivity index (χ0) is 20.6. The molecule has 2 aromatic carbocycles. The number of amides is 2. The fourth-order valence-corrected chi connectivity index (χ4v) is 3.58. The first-order chi connectivity index (χ1) is 14.0. The molecule has 29 heavy (non-hydrogen) atoms. The van der Waals surface area contributed by atoms with Crippen LogP contribution in [0.4, 0.5) is 0 Å². The Kier molecular flexibility index (Phi) is 7.00. The Morgan fingerprint density at radius 1 is 0.897 bits per heavy atom. The van der Waals surface area contributed by atoms with Crippen molar-refractivity contribution in [1.82, 2.24) is 10.6 Å². The van der Waals surface area contributed by atoms with Gasteiger partial charge in [0.05, 0.1) is 5.56 Å². The van der Waals surface area contributed by atoms with Crippen LogP contribution in [-0.4, -0.2) is 29.4 Å². The van der Waals surface area contributed by atoms with Gasteiger partial charge in [-0.1, -0.05) is 37.1 Å². The van der Waals surface area contributed by atoms with Gasteiger partial charge in [0.25, 0.3) is 5.91 Å². The summed E-state index contributed by atoms with van der Waals surface area (Å²) in [7, 11) is 0. The largest absolute Gasteiger partial charge is 0.478 e. The first-order valence-corrected chi connectivity index (χ1v) is 10.00. The third-order valence-electron chi connectivity index (χ3n) is 5.28. The third kappa shape index (κ3) is 5.91. The predicted molar refractivity (Wildman–Crippen MR) is 110 cm³/mol. The van der Waals surface area contributed by atoms with Crippen LogP contribution >= 0.6 is 0 Å². The highest BCUT2D eigenvalue weighted by Gasteiger charge is 2.22. The summed E-state index contributed by atoms with van der Waals surface area (Å²) in [6.45, 7) is 0.887. The van der Waals surface area contributed by atoms with Gasteiger partial charge in [0.1, 0.15) is 0 Å². The zero-order valence-electron chi connectivity index (χ0n) is 16.3. The lowest BCUT2D eigenvalue weighted by Gasteiger charge is -2.11. The molecule has 152 valence electrons. The Bertz CT molecular complexity index is 871.